The summed E-state index contributed by atoms with van der Waals surface area (Å²) >= 11 is 3.43. The highest BCUT2D eigenvalue weighted by Crippen LogP contribution is 2.37. The van der Waals surface area contributed by atoms with Gasteiger partial charge in [0.2, 0.25) is 11.8 Å². The standard InChI is InChI=1S/C27H28BrN3O3/c1-4-17(2)29-26(33)18(3)30(15-19-11-13-21(28)14-12-19)24(32)16-31-23-10-6-8-20-7-5-9-22(25(20)23)27(31)34/h5-14,17-18H,4,15-16H2,1-3H3,(H,29,33)/t17-,18+/m1/s1. The Morgan fingerprint density at radius 2 is 1.71 bits per heavy atom. The maximum absolute atomic E-state index is 13.6. The summed E-state index contributed by atoms with van der Waals surface area (Å²) in [6.45, 7) is 5.80. The lowest BCUT2D eigenvalue weighted by Gasteiger charge is -2.31. The van der Waals surface area contributed by atoms with Crippen molar-refractivity contribution in [2.45, 2.75) is 45.8 Å². The van der Waals surface area contributed by atoms with Gasteiger partial charge in [-0.05, 0) is 55.5 Å². The molecule has 0 aliphatic carbocycles. The number of nitrogens with zero attached hydrogens (tertiary/aromatic N) is 2. The zero-order chi connectivity index (χ0) is 24.4. The number of carbonyl (C=O) groups excluding carboxylic acids is 3. The number of rotatable bonds is 8. The van der Waals surface area contributed by atoms with Gasteiger partial charge in [0.1, 0.15) is 12.6 Å². The Labute approximate surface area is 208 Å². The van der Waals surface area contributed by atoms with Gasteiger partial charge < -0.3 is 10.2 Å². The molecule has 176 valence electrons. The molecule has 3 aromatic carbocycles. The van der Waals surface area contributed by atoms with E-state index in [4.69, 9.17) is 0 Å². The fraction of sp³-hybridized carbons (Fsp3) is 0.296. The van der Waals surface area contributed by atoms with Crippen molar-refractivity contribution in [1.82, 2.24) is 10.2 Å². The van der Waals surface area contributed by atoms with Crippen LogP contribution in [0.2, 0.25) is 0 Å². The summed E-state index contributed by atoms with van der Waals surface area (Å²) in [5, 5.41) is 4.80. The Morgan fingerprint density at radius 1 is 1.03 bits per heavy atom. The number of nitrogens with one attached hydrogen (secondary N) is 1. The number of hydrogen-bond acceptors (Lipinski definition) is 3. The molecule has 1 N–H and O–H groups in total. The summed E-state index contributed by atoms with van der Waals surface area (Å²) in [6, 6.07) is 18.3. The lowest BCUT2D eigenvalue weighted by atomic mass is 10.1. The van der Waals surface area contributed by atoms with E-state index in [0.29, 0.717) is 5.56 Å². The maximum Gasteiger partial charge on any atom is 0.259 e. The average Bonchev–Trinajstić information content (AvgIpc) is 3.11. The number of anilines is 1. The van der Waals surface area contributed by atoms with Gasteiger partial charge in [-0.25, -0.2) is 0 Å². The van der Waals surface area contributed by atoms with Crippen molar-refractivity contribution in [1.29, 1.82) is 0 Å². The van der Waals surface area contributed by atoms with Crippen molar-refractivity contribution in [3.63, 3.8) is 0 Å². The Kier molecular flexibility index (Phi) is 7.03. The van der Waals surface area contributed by atoms with Crippen LogP contribution in [0.3, 0.4) is 0 Å². The van der Waals surface area contributed by atoms with E-state index in [9.17, 15) is 14.4 Å². The summed E-state index contributed by atoms with van der Waals surface area (Å²) in [6.07, 6.45) is 0.795. The van der Waals surface area contributed by atoms with Crippen LogP contribution in [0, 0.1) is 0 Å². The van der Waals surface area contributed by atoms with Gasteiger partial charge in [0.25, 0.3) is 5.91 Å². The second-order valence-electron chi connectivity index (χ2n) is 8.71. The summed E-state index contributed by atoms with van der Waals surface area (Å²) in [5.41, 5.74) is 2.23. The van der Waals surface area contributed by atoms with Gasteiger partial charge in [-0.3, -0.25) is 19.3 Å². The van der Waals surface area contributed by atoms with Crippen LogP contribution in [0.25, 0.3) is 10.8 Å². The highest BCUT2D eigenvalue weighted by atomic mass is 79.9. The third kappa shape index (κ3) is 4.71. The zero-order valence-electron chi connectivity index (χ0n) is 19.5. The Hall–Kier alpha value is -3.19. The van der Waals surface area contributed by atoms with Crippen LogP contribution in [-0.4, -0.2) is 41.2 Å². The van der Waals surface area contributed by atoms with Crippen molar-refractivity contribution < 1.29 is 14.4 Å². The minimum absolute atomic E-state index is 0.00634. The predicted octanol–water partition coefficient (Wildman–Crippen LogP) is 4.89. The van der Waals surface area contributed by atoms with Crippen LogP contribution in [-0.2, 0) is 16.1 Å². The maximum atomic E-state index is 13.6. The molecule has 0 saturated carbocycles. The molecule has 34 heavy (non-hydrogen) atoms. The lowest BCUT2D eigenvalue weighted by Crippen LogP contribution is -2.52. The van der Waals surface area contributed by atoms with Crippen molar-refractivity contribution in [2.24, 2.45) is 0 Å². The van der Waals surface area contributed by atoms with Gasteiger partial charge in [-0.2, -0.15) is 0 Å². The van der Waals surface area contributed by atoms with E-state index in [1.807, 2.05) is 68.4 Å². The molecule has 0 radical (unpaired) electrons. The quantitative estimate of drug-likeness (QED) is 0.458. The van der Waals surface area contributed by atoms with E-state index in [1.165, 1.54) is 4.90 Å². The predicted molar refractivity (Wildman–Crippen MR) is 138 cm³/mol. The SMILES string of the molecule is CC[C@@H](C)NC(=O)[C@H](C)N(Cc1ccc(Br)cc1)C(=O)CN1C(=O)c2cccc3cccc1c23. The third-order valence-electron chi connectivity index (χ3n) is 6.38. The van der Waals surface area contributed by atoms with Gasteiger partial charge in [-0.1, -0.05) is 59.3 Å². The van der Waals surface area contributed by atoms with E-state index in [1.54, 1.807) is 17.9 Å². The molecule has 1 heterocycles. The molecule has 4 rings (SSSR count). The molecule has 2 atom stereocenters. The van der Waals surface area contributed by atoms with Crippen molar-refractivity contribution in [3.8, 4) is 0 Å². The van der Waals surface area contributed by atoms with E-state index in [2.05, 4.69) is 21.2 Å². The molecular weight excluding hydrogens is 494 g/mol. The summed E-state index contributed by atoms with van der Waals surface area (Å²) < 4.78 is 0.935. The van der Waals surface area contributed by atoms with Crippen molar-refractivity contribution >= 4 is 50.1 Å². The fourth-order valence-electron chi connectivity index (χ4n) is 4.20. The first-order valence-corrected chi connectivity index (χ1v) is 12.3. The highest BCUT2D eigenvalue weighted by Gasteiger charge is 2.34. The van der Waals surface area contributed by atoms with Crippen LogP contribution in [0.4, 0.5) is 5.69 Å². The largest absolute Gasteiger partial charge is 0.352 e. The monoisotopic (exact) mass is 521 g/mol. The van der Waals surface area contributed by atoms with Crippen molar-refractivity contribution in [2.75, 3.05) is 11.4 Å². The summed E-state index contributed by atoms with van der Waals surface area (Å²) in [4.78, 5) is 42.8. The van der Waals surface area contributed by atoms with Gasteiger partial charge in [0.05, 0.1) is 5.69 Å². The average molecular weight is 522 g/mol. The molecule has 3 aromatic rings. The fourth-order valence-corrected chi connectivity index (χ4v) is 4.46. The highest BCUT2D eigenvalue weighted by molar-refractivity contribution is 9.10. The molecule has 6 nitrogen and oxygen atoms in total. The van der Waals surface area contributed by atoms with Gasteiger partial charge in [0.15, 0.2) is 0 Å². The third-order valence-corrected chi connectivity index (χ3v) is 6.91. The molecular formula is C27H28BrN3O3. The number of benzene rings is 3. The van der Waals surface area contributed by atoms with Crippen LogP contribution < -0.4 is 10.2 Å². The van der Waals surface area contributed by atoms with Gasteiger partial charge in [0, 0.05) is 28.0 Å². The van der Waals surface area contributed by atoms with E-state index >= 15 is 0 Å². The second kappa shape index (κ2) is 9.97. The molecule has 1 aliphatic heterocycles. The molecule has 0 unspecified atom stereocenters. The second-order valence-corrected chi connectivity index (χ2v) is 9.63. The first-order chi connectivity index (χ1) is 16.3. The Balaban J connectivity index is 1.61. The molecule has 0 spiro atoms. The van der Waals surface area contributed by atoms with Crippen molar-refractivity contribution in [3.05, 3.63) is 76.3 Å². The smallest absolute Gasteiger partial charge is 0.259 e. The van der Waals surface area contributed by atoms with Gasteiger partial charge >= 0.3 is 0 Å². The first-order valence-electron chi connectivity index (χ1n) is 11.5. The lowest BCUT2D eigenvalue weighted by molar-refractivity contribution is -0.139. The van der Waals surface area contributed by atoms with E-state index in [0.717, 1.165) is 32.9 Å². The number of halogens is 1. The normalized spacial score (nSPS) is 14.2. The van der Waals surface area contributed by atoms with E-state index in [-0.39, 0.29) is 36.9 Å². The number of amides is 3. The van der Waals surface area contributed by atoms with Crippen LogP contribution in [0.1, 0.15) is 43.1 Å². The van der Waals surface area contributed by atoms with Crippen LogP contribution in [0.15, 0.2) is 65.1 Å². The van der Waals surface area contributed by atoms with E-state index < -0.39 is 6.04 Å². The molecule has 0 bridgehead atoms. The Bertz CT molecular complexity index is 1240. The minimum atomic E-state index is -0.694. The molecule has 1 aliphatic rings. The summed E-state index contributed by atoms with van der Waals surface area (Å²) in [7, 11) is 0. The molecule has 0 aromatic heterocycles. The zero-order valence-corrected chi connectivity index (χ0v) is 21.1. The molecule has 0 fully saturated rings. The number of carbonyl (C=O) groups is 3. The molecule has 0 saturated heterocycles. The van der Waals surface area contributed by atoms with Gasteiger partial charge in [-0.15, -0.1) is 0 Å². The minimum Gasteiger partial charge on any atom is -0.352 e. The molecule has 7 heteroatoms. The Morgan fingerprint density at radius 3 is 2.38 bits per heavy atom. The van der Waals surface area contributed by atoms with Crippen LogP contribution >= 0.6 is 15.9 Å². The number of hydrogen-bond donors (Lipinski definition) is 1. The summed E-state index contributed by atoms with van der Waals surface area (Å²) in [5.74, 6) is -0.689. The molecule has 3 amide bonds. The van der Waals surface area contributed by atoms with Crippen LogP contribution in [0.5, 0.6) is 0 Å². The topological polar surface area (TPSA) is 69.7 Å². The first kappa shape index (κ1) is 24.0.